The number of sulfonamides is 1. The van der Waals surface area contributed by atoms with Crippen molar-refractivity contribution >= 4 is 33.5 Å². The second-order valence-corrected chi connectivity index (χ2v) is 10.7. The first kappa shape index (κ1) is 25.2. The fourth-order valence-corrected chi connectivity index (χ4v) is 5.87. The Labute approximate surface area is 200 Å². The molecule has 0 radical (unpaired) electrons. The molecule has 0 aromatic heterocycles. The zero-order valence-corrected chi connectivity index (χ0v) is 20.7. The van der Waals surface area contributed by atoms with E-state index in [1.54, 1.807) is 43.3 Å². The van der Waals surface area contributed by atoms with Crippen molar-refractivity contribution in [1.82, 2.24) is 9.21 Å². The van der Waals surface area contributed by atoms with Crippen LogP contribution in [-0.4, -0.2) is 56.2 Å². The third-order valence-electron chi connectivity index (χ3n) is 5.90. The van der Waals surface area contributed by atoms with Crippen LogP contribution in [0.25, 0.3) is 0 Å². The average Bonchev–Trinajstić information content (AvgIpc) is 2.79. The van der Waals surface area contributed by atoms with Gasteiger partial charge in [0, 0.05) is 30.6 Å². The van der Waals surface area contributed by atoms with Crippen molar-refractivity contribution in [2.45, 2.75) is 38.1 Å². The Balaban J connectivity index is 1.70. The highest BCUT2D eigenvalue weighted by molar-refractivity contribution is 7.89. The van der Waals surface area contributed by atoms with Crippen molar-refractivity contribution in [3.8, 4) is 0 Å². The van der Waals surface area contributed by atoms with Gasteiger partial charge in [0.15, 0.2) is 0 Å². The van der Waals surface area contributed by atoms with Gasteiger partial charge in [0.05, 0.1) is 12.0 Å². The predicted octanol–water partition coefficient (Wildman–Crippen LogP) is 3.56. The largest absolute Gasteiger partial charge is 0.468 e. The van der Waals surface area contributed by atoms with E-state index in [2.05, 4.69) is 0 Å². The van der Waals surface area contributed by atoms with E-state index in [1.807, 2.05) is 13.0 Å². The Morgan fingerprint density at radius 3 is 2.30 bits per heavy atom. The molecule has 2 aromatic rings. The Morgan fingerprint density at radius 1 is 1.09 bits per heavy atom. The summed E-state index contributed by atoms with van der Waals surface area (Å²) in [5.41, 5.74) is 2.55. The Morgan fingerprint density at radius 2 is 1.73 bits per heavy atom. The molecule has 0 aliphatic carbocycles. The first-order valence-corrected chi connectivity index (χ1v) is 12.6. The number of benzene rings is 2. The van der Waals surface area contributed by atoms with Crippen LogP contribution >= 0.6 is 11.6 Å². The van der Waals surface area contributed by atoms with Gasteiger partial charge in [-0.1, -0.05) is 41.4 Å². The number of rotatable bonds is 7. The Hall–Kier alpha value is -2.42. The summed E-state index contributed by atoms with van der Waals surface area (Å²) in [6, 6.07) is 12.4. The molecule has 0 saturated carbocycles. The van der Waals surface area contributed by atoms with Crippen molar-refractivity contribution < 1.29 is 22.7 Å². The monoisotopic (exact) mass is 492 g/mol. The van der Waals surface area contributed by atoms with Crippen LogP contribution in [0.2, 0.25) is 5.02 Å². The number of carbonyl (C=O) groups excluding carboxylic acids is 2. The van der Waals surface area contributed by atoms with Crippen LogP contribution < -0.4 is 0 Å². The van der Waals surface area contributed by atoms with Gasteiger partial charge < -0.3 is 9.64 Å². The first-order chi connectivity index (χ1) is 15.6. The summed E-state index contributed by atoms with van der Waals surface area (Å²) in [7, 11) is -2.35. The van der Waals surface area contributed by atoms with E-state index >= 15 is 0 Å². The highest BCUT2D eigenvalue weighted by Gasteiger charge is 2.35. The van der Waals surface area contributed by atoms with Crippen molar-refractivity contribution in [3.05, 3.63) is 64.2 Å². The smallest absolute Gasteiger partial charge is 0.325 e. The van der Waals surface area contributed by atoms with Gasteiger partial charge in [-0.25, -0.2) is 8.42 Å². The lowest BCUT2D eigenvalue weighted by molar-refractivity contribution is -0.149. The van der Waals surface area contributed by atoms with Gasteiger partial charge in [-0.2, -0.15) is 4.31 Å². The van der Waals surface area contributed by atoms with E-state index < -0.39 is 16.0 Å². The van der Waals surface area contributed by atoms with E-state index in [9.17, 15) is 18.0 Å². The quantitative estimate of drug-likeness (QED) is 0.552. The summed E-state index contributed by atoms with van der Waals surface area (Å²) in [5, 5.41) is 0.585. The molecule has 9 heteroatoms. The number of ether oxygens (including phenoxy) is 1. The molecule has 33 heavy (non-hydrogen) atoms. The molecule has 0 atom stereocenters. The molecule has 7 nitrogen and oxygen atoms in total. The van der Waals surface area contributed by atoms with Gasteiger partial charge in [-0.3, -0.25) is 9.59 Å². The highest BCUT2D eigenvalue weighted by atomic mass is 35.5. The van der Waals surface area contributed by atoms with Gasteiger partial charge in [0.2, 0.25) is 15.9 Å². The summed E-state index contributed by atoms with van der Waals surface area (Å²) in [4.78, 5) is 27.0. The SMILES string of the molecule is COC(=O)CN(Cc1ccc(Cl)cc1)C(=O)C1CCN(S(=O)(=O)c2ccc(C)cc2C)CC1. The zero-order chi connectivity index (χ0) is 24.2. The van der Waals surface area contributed by atoms with Crippen molar-refractivity contribution in [2.75, 3.05) is 26.7 Å². The minimum absolute atomic E-state index is 0.168. The van der Waals surface area contributed by atoms with Crippen LogP contribution in [0.1, 0.15) is 29.5 Å². The molecule has 1 fully saturated rings. The van der Waals surface area contributed by atoms with Gasteiger partial charge >= 0.3 is 5.97 Å². The maximum absolute atomic E-state index is 13.3. The molecular formula is C24H29ClN2O5S. The van der Waals surface area contributed by atoms with Crippen molar-refractivity contribution in [1.29, 1.82) is 0 Å². The lowest BCUT2D eigenvalue weighted by Crippen LogP contribution is -2.45. The average molecular weight is 493 g/mol. The molecule has 1 aliphatic rings. The molecule has 178 valence electrons. The lowest BCUT2D eigenvalue weighted by Gasteiger charge is -2.33. The molecule has 0 spiro atoms. The fraction of sp³-hybridized carbons (Fsp3) is 0.417. The number of halogens is 1. The van der Waals surface area contributed by atoms with Gasteiger partial charge in [-0.05, 0) is 56.0 Å². The summed E-state index contributed by atoms with van der Waals surface area (Å²) in [5.74, 6) is -1.06. The number of esters is 1. The maximum Gasteiger partial charge on any atom is 0.325 e. The van der Waals surface area contributed by atoms with Crippen LogP contribution in [-0.2, 0) is 30.9 Å². The molecule has 2 aromatic carbocycles. The van der Waals surface area contributed by atoms with Crippen molar-refractivity contribution in [2.24, 2.45) is 5.92 Å². The van der Waals surface area contributed by atoms with E-state index in [0.29, 0.717) is 28.3 Å². The number of aryl methyl sites for hydroxylation is 2. The number of amides is 1. The predicted molar refractivity (Wildman–Crippen MR) is 126 cm³/mol. The Bertz CT molecular complexity index is 1110. The summed E-state index contributed by atoms with van der Waals surface area (Å²) in [6.07, 6.45) is 0.780. The summed E-state index contributed by atoms with van der Waals surface area (Å²) >= 11 is 5.94. The van der Waals surface area contributed by atoms with Gasteiger partial charge in [0.25, 0.3) is 0 Å². The second-order valence-electron chi connectivity index (χ2n) is 8.34. The number of piperidine rings is 1. The van der Waals surface area contributed by atoms with Gasteiger partial charge in [-0.15, -0.1) is 0 Å². The summed E-state index contributed by atoms with van der Waals surface area (Å²) < 4.78 is 32.5. The van der Waals surface area contributed by atoms with E-state index in [4.69, 9.17) is 16.3 Å². The van der Waals surface area contributed by atoms with E-state index in [-0.39, 0.29) is 38.0 Å². The number of nitrogens with zero attached hydrogens (tertiary/aromatic N) is 2. The number of hydrogen-bond acceptors (Lipinski definition) is 5. The molecule has 0 unspecified atom stereocenters. The number of carbonyl (C=O) groups is 2. The standard InChI is InChI=1S/C24H29ClN2O5S/c1-17-4-9-22(18(2)14-17)33(30,31)27-12-10-20(11-13-27)24(29)26(16-23(28)32-3)15-19-5-7-21(25)8-6-19/h4-9,14,20H,10-13,15-16H2,1-3H3. The normalized spacial score (nSPS) is 15.3. The molecule has 1 amide bonds. The fourth-order valence-electron chi connectivity index (χ4n) is 4.07. The molecule has 1 aliphatic heterocycles. The van der Waals surface area contributed by atoms with Crippen LogP contribution in [0.5, 0.6) is 0 Å². The minimum atomic E-state index is -3.63. The highest BCUT2D eigenvalue weighted by Crippen LogP contribution is 2.27. The van der Waals surface area contributed by atoms with Crippen LogP contribution in [0.4, 0.5) is 0 Å². The van der Waals surface area contributed by atoms with Crippen LogP contribution in [0.15, 0.2) is 47.4 Å². The molecule has 1 heterocycles. The minimum Gasteiger partial charge on any atom is -0.468 e. The molecule has 0 bridgehead atoms. The van der Waals surface area contributed by atoms with Crippen LogP contribution in [0, 0.1) is 19.8 Å². The molecule has 3 rings (SSSR count). The first-order valence-electron chi connectivity index (χ1n) is 10.8. The molecular weight excluding hydrogens is 464 g/mol. The zero-order valence-electron chi connectivity index (χ0n) is 19.1. The molecule has 0 N–H and O–H groups in total. The lowest BCUT2D eigenvalue weighted by atomic mass is 9.96. The molecule has 1 saturated heterocycles. The maximum atomic E-state index is 13.3. The third-order valence-corrected chi connectivity index (χ3v) is 8.21. The Kier molecular flexibility index (Phi) is 8.15. The van der Waals surface area contributed by atoms with E-state index in [1.165, 1.54) is 16.3 Å². The number of hydrogen-bond donors (Lipinski definition) is 0. The van der Waals surface area contributed by atoms with Crippen molar-refractivity contribution in [3.63, 3.8) is 0 Å². The third kappa shape index (κ3) is 6.13. The topological polar surface area (TPSA) is 84.0 Å². The van der Waals surface area contributed by atoms with Crippen LogP contribution in [0.3, 0.4) is 0 Å². The van der Waals surface area contributed by atoms with E-state index in [0.717, 1.165) is 11.1 Å². The van der Waals surface area contributed by atoms with Gasteiger partial charge in [0.1, 0.15) is 6.54 Å². The summed E-state index contributed by atoms with van der Waals surface area (Å²) in [6.45, 7) is 4.28. The second kappa shape index (κ2) is 10.7. The number of methoxy groups -OCH3 is 1.